The Bertz CT molecular complexity index is 1140. The summed E-state index contributed by atoms with van der Waals surface area (Å²) in [7, 11) is 1.35. The van der Waals surface area contributed by atoms with Crippen molar-refractivity contribution < 1.29 is 19.1 Å². The van der Waals surface area contributed by atoms with Crippen LogP contribution in [0.15, 0.2) is 71.9 Å². The van der Waals surface area contributed by atoms with E-state index in [0.717, 1.165) is 32.1 Å². The first-order valence-corrected chi connectivity index (χ1v) is 17.1. The molecule has 2 atom stereocenters. The molecule has 1 aliphatic heterocycles. The Morgan fingerprint density at radius 1 is 0.884 bits per heavy atom. The van der Waals surface area contributed by atoms with Crippen LogP contribution in [0.2, 0.25) is 0 Å². The van der Waals surface area contributed by atoms with Gasteiger partial charge < -0.3 is 4.74 Å². The number of hydrogen-bond acceptors (Lipinski definition) is 6. The van der Waals surface area contributed by atoms with Gasteiger partial charge in [-0.3, -0.25) is 14.4 Å². The maximum atomic E-state index is 14.2. The molecule has 1 fully saturated rings. The number of pyridine rings is 1. The van der Waals surface area contributed by atoms with Crippen molar-refractivity contribution in [2.75, 3.05) is 12.0 Å². The van der Waals surface area contributed by atoms with Crippen LogP contribution in [-0.2, 0) is 19.1 Å². The summed E-state index contributed by atoms with van der Waals surface area (Å²) in [5.41, 5.74) is 0.564. The summed E-state index contributed by atoms with van der Waals surface area (Å²) in [6.07, 6.45) is 22.8. The molecule has 0 aliphatic carbocycles. The van der Waals surface area contributed by atoms with E-state index >= 15 is 0 Å². The highest BCUT2D eigenvalue weighted by atomic mass is 32.2. The number of carbonyl (C=O) groups excluding carboxylic acids is 3. The molecule has 0 saturated carbocycles. The quantitative estimate of drug-likeness (QED) is 0.0610. The van der Waals surface area contributed by atoms with Crippen LogP contribution in [0.5, 0.6) is 0 Å². The summed E-state index contributed by atoms with van der Waals surface area (Å²) in [5.74, 6) is -1.41. The predicted molar refractivity (Wildman–Crippen MR) is 176 cm³/mol. The number of amides is 2. The molecule has 2 unspecified atom stereocenters. The van der Waals surface area contributed by atoms with Gasteiger partial charge in [-0.1, -0.05) is 113 Å². The highest BCUT2D eigenvalue weighted by Crippen LogP contribution is 2.50. The number of carbonyl (C=O) groups is 3. The van der Waals surface area contributed by atoms with Crippen LogP contribution in [0, 0.1) is 5.92 Å². The third-order valence-electron chi connectivity index (χ3n) is 8.27. The largest absolute Gasteiger partial charge is 0.469 e. The molecule has 0 N–H and O–H groups in total. The van der Waals surface area contributed by atoms with Gasteiger partial charge in [-0.25, -0.2) is 9.88 Å². The highest BCUT2D eigenvalue weighted by molar-refractivity contribution is 8.01. The number of allylic oxidation sites excluding steroid dienone is 2. The van der Waals surface area contributed by atoms with E-state index in [1.807, 2.05) is 36.4 Å². The number of methoxy groups -OCH3 is 1. The summed E-state index contributed by atoms with van der Waals surface area (Å²) in [6.45, 7) is 2.26. The Kier molecular flexibility index (Phi) is 15.6. The molecule has 0 bridgehead atoms. The number of esters is 1. The van der Waals surface area contributed by atoms with Gasteiger partial charge >= 0.3 is 5.97 Å². The number of aromatic nitrogens is 1. The van der Waals surface area contributed by atoms with E-state index in [0.29, 0.717) is 17.1 Å². The van der Waals surface area contributed by atoms with Crippen molar-refractivity contribution in [3.8, 4) is 0 Å². The molecule has 1 saturated heterocycles. The lowest BCUT2D eigenvalue weighted by molar-refractivity contribution is -0.141. The van der Waals surface area contributed by atoms with Crippen molar-refractivity contribution >= 4 is 35.2 Å². The van der Waals surface area contributed by atoms with Crippen LogP contribution in [0.25, 0.3) is 0 Å². The lowest BCUT2D eigenvalue weighted by atomic mass is 9.85. The standard InChI is InChI=1S/C36H50N2O4S/c1-3-4-5-6-7-8-9-10-11-12-13-14-15-16-20-25-31-34(40)38(30-23-18-17-19-24-30)35(41)36(31,28-27-33(39)42-2)43-32-26-21-22-29-37-32/h10-11,17-19,21-24,26,29,31H,3-9,12-16,20,25,27-28H2,1-2H3/b11-10-. The minimum absolute atomic E-state index is 0.0564. The number of nitrogens with zero attached hydrogens (tertiary/aromatic N) is 2. The number of benzene rings is 1. The van der Waals surface area contributed by atoms with Crippen LogP contribution in [0.3, 0.4) is 0 Å². The van der Waals surface area contributed by atoms with Gasteiger partial charge in [0, 0.05) is 12.6 Å². The third-order valence-corrected chi connectivity index (χ3v) is 9.75. The van der Waals surface area contributed by atoms with E-state index < -0.39 is 10.7 Å². The highest BCUT2D eigenvalue weighted by Gasteiger charge is 2.60. The Balaban J connectivity index is 1.59. The summed E-state index contributed by atoms with van der Waals surface area (Å²) < 4.78 is 3.80. The SMILES string of the molecule is CCCCCCCC/C=C\CCCCCCCC1C(=O)N(c2ccccc2)C(=O)C1(CCC(=O)OC)Sc1ccccn1. The van der Waals surface area contributed by atoms with Crippen molar-refractivity contribution in [2.24, 2.45) is 5.92 Å². The summed E-state index contributed by atoms with van der Waals surface area (Å²) >= 11 is 1.32. The fourth-order valence-corrected chi connectivity index (χ4v) is 7.20. The zero-order chi connectivity index (χ0) is 30.8. The second-order valence-electron chi connectivity index (χ2n) is 11.5. The van der Waals surface area contributed by atoms with E-state index in [-0.39, 0.29) is 30.6 Å². The van der Waals surface area contributed by atoms with Crippen molar-refractivity contribution in [3.63, 3.8) is 0 Å². The molecule has 43 heavy (non-hydrogen) atoms. The van der Waals surface area contributed by atoms with Crippen LogP contribution >= 0.6 is 11.8 Å². The van der Waals surface area contributed by atoms with E-state index in [4.69, 9.17) is 4.74 Å². The Labute approximate surface area is 263 Å². The first-order valence-electron chi connectivity index (χ1n) is 16.3. The monoisotopic (exact) mass is 606 g/mol. The number of ether oxygens (including phenoxy) is 1. The summed E-state index contributed by atoms with van der Waals surface area (Å²) in [5, 5.41) is 0.665. The van der Waals surface area contributed by atoms with E-state index in [2.05, 4.69) is 24.1 Å². The topological polar surface area (TPSA) is 76.6 Å². The van der Waals surface area contributed by atoms with Crippen molar-refractivity contribution in [1.29, 1.82) is 0 Å². The minimum Gasteiger partial charge on any atom is -0.469 e. The molecule has 1 aliphatic rings. The van der Waals surface area contributed by atoms with Gasteiger partial charge in [-0.05, 0) is 62.8 Å². The molecular formula is C36H50N2O4S. The molecule has 2 amide bonds. The molecule has 1 aromatic carbocycles. The normalized spacial score (nSPS) is 18.6. The molecular weight excluding hydrogens is 556 g/mol. The van der Waals surface area contributed by atoms with Crippen LogP contribution in [-0.4, -0.2) is 34.6 Å². The zero-order valence-corrected chi connectivity index (χ0v) is 27.0. The number of unbranched alkanes of at least 4 members (excludes halogenated alkanes) is 11. The third kappa shape index (κ3) is 10.6. The number of anilines is 1. The molecule has 7 heteroatoms. The Morgan fingerprint density at radius 2 is 1.51 bits per heavy atom. The van der Waals surface area contributed by atoms with E-state index in [1.54, 1.807) is 18.3 Å². The lowest BCUT2D eigenvalue weighted by Gasteiger charge is -2.30. The Morgan fingerprint density at radius 3 is 2.14 bits per heavy atom. The number of para-hydroxylation sites is 1. The number of rotatable bonds is 21. The van der Waals surface area contributed by atoms with E-state index in [1.165, 1.54) is 75.1 Å². The number of hydrogen-bond donors (Lipinski definition) is 0. The first-order chi connectivity index (χ1) is 21.0. The van der Waals surface area contributed by atoms with E-state index in [9.17, 15) is 14.4 Å². The second-order valence-corrected chi connectivity index (χ2v) is 12.8. The van der Waals surface area contributed by atoms with Crippen LogP contribution in [0.1, 0.15) is 110 Å². The minimum atomic E-state index is -1.13. The van der Waals surface area contributed by atoms with Gasteiger partial charge in [-0.2, -0.15) is 0 Å². The molecule has 0 spiro atoms. The van der Waals surface area contributed by atoms with Gasteiger partial charge in [0.1, 0.15) is 4.75 Å². The molecule has 3 rings (SSSR count). The molecule has 0 radical (unpaired) electrons. The van der Waals surface area contributed by atoms with Crippen molar-refractivity contribution in [2.45, 2.75) is 119 Å². The maximum absolute atomic E-state index is 14.2. The number of thioether (sulfide) groups is 1. The van der Waals surface area contributed by atoms with Gasteiger partial charge in [0.25, 0.3) is 5.91 Å². The molecule has 1 aromatic heterocycles. The van der Waals surface area contributed by atoms with Gasteiger partial charge in [0.2, 0.25) is 5.91 Å². The average Bonchev–Trinajstić information content (AvgIpc) is 3.23. The summed E-state index contributed by atoms with van der Waals surface area (Å²) in [4.78, 5) is 46.2. The average molecular weight is 607 g/mol. The maximum Gasteiger partial charge on any atom is 0.305 e. The first kappa shape index (κ1) is 34.6. The smallest absolute Gasteiger partial charge is 0.305 e. The molecule has 2 heterocycles. The van der Waals surface area contributed by atoms with Gasteiger partial charge in [0.05, 0.1) is 23.7 Å². The van der Waals surface area contributed by atoms with Gasteiger partial charge in [0.15, 0.2) is 0 Å². The lowest BCUT2D eigenvalue weighted by Crippen LogP contribution is -2.41. The second kappa shape index (κ2) is 19.4. The molecule has 2 aromatic rings. The zero-order valence-electron chi connectivity index (χ0n) is 26.2. The van der Waals surface area contributed by atoms with Crippen LogP contribution in [0.4, 0.5) is 5.69 Å². The molecule has 6 nitrogen and oxygen atoms in total. The Hall–Kier alpha value is -2.93. The molecule has 234 valence electrons. The van der Waals surface area contributed by atoms with Crippen molar-refractivity contribution in [3.05, 3.63) is 66.9 Å². The number of imide groups is 1. The summed E-state index contributed by atoms with van der Waals surface area (Å²) in [6, 6.07) is 14.7. The van der Waals surface area contributed by atoms with Crippen molar-refractivity contribution in [1.82, 2.24) is 4.98 Å². The fraction of sp³-hybridized carbons (Fsp3) is 0.556. The fourth-order valence-electron chi connectivity index (χ4n) is 5.82. The predicted octanol–water partition coefficient (Wildman–Crippen LogP) is 9.09. The van der Waals surface area contributed by atoms with Gasteiger partial charge in [-0.15, -0.1) is 0 Å². The van der Waals surface area contributed by atoms with Crippen LogP contribution < -0.4 is 4.90 Å².